The van der Waals surface area contributed by atoms with E-state index in [4.69, 9.17) is 23.8 Å². The summed E-state index contributed by atoms with van der Waals surface area (Å²) in [4.78, 5) is 20.1. The Morgan fingerprint density at radius 2 is 1.89 bits per heavy atom. The van der Waals surface area contributed by atoms with Crippen LogP contribution in [0.15, 0.2) is 58.5 Å². The number of nitrogens with one attached hydrogen (secondary N) is 1. The van der Waals surface area contributed by atoms with Gasteiger partial charge in [0.25, 0.3) is 5.56 Å². The summed E-state index contributed by atoms with van der Waals surface area (Å²) in [6.45, 7) is 2.06. The normalized spacial score (nSPS) is 11.2. The first-order valence-electron chi connectivity index (χ1n) is 8.11. The maximum Gasteiger partial charge on any atom is 0.271 e. The van der Waals surface area contributed by atoms with Crippen LogP contribution in [-0.2, 0) is 5.75 Å². The molecule has 4 aromatic rings. The molecule has 0 aliphatic carbocycles. The van der Waals surface area contributed by atoms with E-state index in [0.717, 1.165) is 11.4 Å². The molecule has 0 aliphatic rings. The van der Waals surface area contributed by atoms with Gasteiger partial charge in [0.05, 0.1) is 0 Å². The van der Waals surface area contributed by atoms with Crippen LogP contribution in [0.1, 0.15) is 11.1 Å². The van der Waals surface area contributed by atoms with E-state index in [-0.39, 0.29) is 5.56 Å². The number of nitrogens with zero attached hydrogens (tertiary/aromatic N) is 2. The molecule has 0 saturated heterocycles. The zero-order chi connectivity index (χ0) is 19.0. The molecule has 2 aromatic carbocycles. The average molecular weight is 432 g/mol. The lowest BCUT2D eigenvalue weighted by molar-refractivity contribution is 0.943. The molecule has 0 fully saturated rings. The van der Waals surface area contributed by atoms with Crippen molar-refractivity contribution in [2.24, 2.45) is 0 Å². The number of benzene rings is 2. The average Bonchev–Trinajstić information content (AvgIpc) is 2.99. The predicted molar refractivity (Wildman–Crippen MR) is 116 cm³/mol. The van der Waals surface area contributed by atoms with Crippen LogP contribution in [-0.4, -0.2) is 14.5 Å². The van der Waals surface area contributed by atoms with Gasteiger partial charge in [0.1, 0.15) is 4.70 Å². The van der Waals surface area contributed by atoms with Crippen molar-refractivity contribution in [1.82, 2.24) is 14.5 Å². The van der Waals surface area contributed by atoms with Crippen LogP contribution in [0.3, 0.4) is 0 Å². The molecule has 0 aliphatic heterocycles. The van der Waals surface area contributed by atoms with Crippen molar-refractivity contribution in [3.8, 4) is 5.69 Å². The Morgan fingerprint density at radius 1 is 1.19 bits per heavy atom. The predicted octanol–water partition coefficient (Wildman–Crippen LogP) is 5.76. The van der Waals surface area contributed by atoms with Crippen molar-refractivity contribution >= 4 is 57.3 Å². The van der Waals surface area contributed by atoms with Crippen LogP contribution in [0.2, 0.25) is 5.02 Å². The van der Waals surface area contributed by atoms with Crippen molar-refractivity contribution in [2.75, 3.05) is 0 Å². The lowest BCUT2D eigenvalue weighted by Crippen LogP contribution is -2.09. The molecule has 2 aromatic heterocycles. The first-order valence-corrected chi connectivity index (χ1v) is 10.7. The molecule has 4 rings (SSSR count). The Balaban J connectivity index is 1.74. The van der Waals surface area contributed by atoms with Crippen molar-refractivity contribution in [1.29, 1.82) is 0 Å². The van der Waals surface area contributed by atoms with E-state index >= 15 is 0 Å². The summed E-state index contributed by atoms with van der Waals surface area (Å²) in [5.41, 5.74) is 3.63. The molecule has 1 N–H and O–H groups in total. The molecule has 0 unspecified atom stereocenters. The number of hydrogen-bond acceptors (Lipinski definition) is 5. The molecule has 4 nitrogen and oxygen atoms in total. The maximum atomic E-state index is 12.5. The SMILES string of the molecule is Cc1ccc(CSc2nc3c(sc(=S)n3-c3ccc(Cl)cc3)c(=O)[nH]2)cc1. The number of thiazole rings is 1. The molecule has 27 heavy (non-hydrogen) atoms. The molecule has 2 heterocycles. The number of aromatic amines is 1. The highest BCUT2D eigenvalue weighted by molar-refractivity contribution is 7.98. The molecule has 0 amide bonds. The minimum absolute atomic E-state index is 0.171. The lowest BCUT2D eigenvalue weighted by atomic mass is 10.2. The molecular weight excluding hydrogens is 418 g/mol. The number of rotatable bonds is 4. The Kier molecular flexibility index (Phi) is 5.19. The fourth-order valence-electron chi connectivity index (χ4n) is 2.62. The molecule has 0 bridgehead atoms. The largest absolute Gasteiger partial charge is 0.300 e. The van der Waals surface area contributed by atoms with Gasteiger partial charge in [0, 0.05) is 16.5 Å². The minimum Gasteiger partial charge on any atom is -0.300 e. The standard InChI is InChI=1S/C19H14ClN3OS3/c1-11-2-4-12(5-3-11)10-26-18-21-16-15(17(24)22-18)27-19(25)23(16)14-8-6-13(20)7-9-14/h2-9H,10H2,1H3,(H,21,22,24). The van der Waals surface area contributed by atoms with Crippen LogP contribution in [0.25, 0.3) is 16.0 Å². The molecule has 136 valence electrons. The highest BCUT2D eigenvalue weighted by Gasteiger charge is 2.14. The number of thioether (sulfide) groups is 1. The summed E-state index contributed by atoms with van der Waals surface area (Å²) in [6, 6.07) is 15.6. The summed E-state index contributed by atoms with van der Waals surface area (Å²) < 4.78 is 2.91. The van der Waals surface area contributed by atoms with Gasteiger partial charge in [0.15, 0.2) is 14.8 Å². The zero-order valence-corrected chi connectivity index (χ0v) is 17.4. The van der Waals surface area contributed by atoms with Gasteiger partial charge in [-0.15, -0.1) is 0 Å². The van der Waals surface area contributed by atoms with E-state index < -0.39 is 0 Å². The number of aryl methyl sites for hydroxylation is 1. The van der Waals surface area contributed by atoms with E-state index in [2.05, 4.69) is 41.2 Å². The van der Waals surface area contributed by atoms with E-state index in [9.17, 15) is 4.79 Å². The van der Waals surface area contributed by atoms with Gasteiger partial charge in [-0.2, -0.15) is 0 Å². The summed E-state index contributed by atoms with van der Waals surface area (Å²) in [5, 5.41) is 1.22. The summed E-state index contributed by atoms with van der Waals surface area (Å²) in [6.07, 6.45) is 0. The zero-order valence-electron chi connectivity index (χ0n) is 14.2. The van der Waals surface area contributed by atoms with Gasteiger partial charge in [0.2, 0.25) is 0 Å². The first kappa shape index (κ1) is 18.4. The quantitative estimate of drug-likeness (QED) is 0.253. The summed E-state index contributed by atoms with van der Waals surface area (Å²) >= 11 is 14.2. The highest BCUT2D eigenvalue weighted by Crippen LogP contribution is 2.26. The van der Waals surface area contributed by atoms with Crippen molar-refractivity contribution < 1.29 is 0 Å². The van der Waals surface area contributed by atoms with Gasteiger partial charge in [-0.05, 0) is 49.0 Å². The molecule has 0 atom stereocenters. The monoisotopic (exact) mass is 431 g/mol. The Morgan fingerprint density at radius 3 is 2.59 bits per heavy atom. The second kappa shape index (κ2) is 7.59. The van der Waals surface area contributed by atoms with Crippen LogP contribution in [0, 0.1) is 10.9 Å². The van der Waals surface area contributed by atoms with Crippen LogP contribution in [0.5, 0.6) is 0 Å². The molecule has 8 heteroatoms. The van der Waals surface area contributed by atoms with Crippen molar-refractivity contribution in [2.45, 2.75) is 17.8 Å². The van der Waals surface area contributed by atoms with Gasteiger partial charge in [-0.1, -0.05) is 64.5 Å². The fraction of sp³-hybridized carbons (Fsp3) is 0.105. The van der Waals surface area contributed by atoms with Crippen LogP contribution < -0.4 is 5.56 Å². The van der Waals surface area contributed by atoms with Gasteiger partial charge >= 0.3 is 0 Å². The molecule has 0 spiro atoms. The Hall–Kier alpha value is -1.93. The van der Waals surface area contributed by atoms with Gasteiger partial charge in [-0.25, -0.2) is 4.98 Å². The number of halogens is 1. The second-order valence-corrected chi connectivity index (χ2v) is 9.02. The maximum absolute atomic E-state index is 12.5. The Bertz CT molecular complexity index is 1220. The van der Waals surface area contributed by atoms with Crippen LogP contribution in [0.4, 0.5) is 0 Å². The number of H-pyrrole nitrogens is 1. The summed E-state index contributed by atoms with van der Waals surface area (Å²) in [7, 11) is 0. The van der Waals surface area contributed by atoms with Crippen LogP contribution >= 0.6 is 46.9 Å². The lowest BCUT2D eigenvalue weighted by Gasteiger charge is -2.06. The third-order valence-corrected chi connectivity index (χ3v) is 6.56. The van der Waals surface area contributed by atoms with E-state index in [1.54, 1.807) is 12.1 Å². The van der Waals surface area contributed by atoms with Gasteiger partial charge < -0.3 is 4.98 Å². The van der Waals surface area contributed by atoms with Crippen molar-refractivity contribution in [3.05, 3.63) is 79.0 Å². The van der Waals surface area contributed by atoms with E-state index in [0.29, 0.717) is 24.5 Å². The minimum atomic E-state index is -0.171. The Labute approximate surface area is 173 Å². The topological polar surface area (TPSA) is 50.7 Å². The number of fused-ring (bicyclic) bond motifs is 1. The number of hydrogen-bond donors (Lipinski definition) is 1. The molecule has 0 radical (unpaired) electrons. The van der Waals surface area contributed by atoms with E-state index in [1.165, 1.54) is 34.2 Å². The fourth-order valence-corrected chi connectivity index (χ4v) is 4.82. The molecule has 0 saturated carbocycles. The summed E-state index contributed by atoms with van der Waals surface area (Å²) in [5.74, 6) is 0.723. The second-order valence-electron chi connectivity index (χ2n) is 5.98. The third-order valence-electron chi connectivity index (χ3n) is 4.00. The van der Waals surface area contributed by atoms with Gasteiger partial charge in [-0.3, -0.25) is 9.36 Å². The molecular formula is C19H14ClN3OS3. The van der Waals surface area contributed by atoms with Crippen molar-refractivity contribution in [3.63, 3.8) is 0 Å². The third kappa shape index (κ3) is 3.87. The first-order chi connectivity index (χ1) is 13.0. The highest BCUT2D eigenvalue weighted by atomic mass is 35.5. The smallest absolute Gasteiger partial charge is 0.271 e. The van der Waals surface area contributed by atoms with E-state index in [1.807, 2.05) is 16.7 Å². The number of aromatic nitrogens is 3.